The highest BCUT2D eigenvalue weighted by atomic mass is 35.5. The Bertz CT molecular complexity index is 178. The van der Waals surface area contributed by atoms with E-state index in [9.17, 15) is 4.57 Å². The third-order valence-electron chi connectivity index (χ3n) is 1.15. The molecule has 0 atom stereocenters. The fraction of sp³-hybridized carbons (Fsp3) is 0.667. The molecule has 0 rings (SSSR count). The van der Waals surface area contributed by atoms with E-state index >= 15 is 0 Å². The minimum atomic E-state index is -2.90. The molecule has 0 N–H and O–H groups in total. The Morgan fingerprint density at radius 3 is 2.27 bits per heavy atom. The molecule has 0 aliphatic carbocycles. The fourth-order valence-electron chi connectivity index (χ4n) is 0.461. The molecule has 66 valence electrons. The molecule has 0 amide bonds. The molecule has 5 heteroatoms. The smallest absolute Gasteiger partial charge is 0.312 e. The second kappa shape index (κ2) is 4.94. The lowest BCUT2D eigenvalue weighted by molar-refractivity contribution is 0.279. The standard InChI is InChI=1S/C6H12ClO3P/c1-6(7)4-5-11(8,9-2)10-3/h4H,5H2,1-3H3. The van der Waals surface area contributed by atoms with Gasteiger partial charge in [0.15, 0.2) is 0 Å². The van der Waals surface area contributed by atoms with Crippen LogP contribution in [-0.2, 0) is 13.6 Å². The van der Waals surface area contributed by atoms with Crippen LogP contribution in [0.4, 0.5) is 0 Å². The van der Waals surface area contributed by atoms with E-state index in [-0.39, 0.29) is 6.16 Å². The average molecular weight is 199 g/mol. The van der Waals surface area contributed by atoms with Crippen LogP contribution in [0.5, 0.6) is 0 Å². The number of allylic oxidation sites excluding steroid dienone is 2. The predicted octanol–water partition coefficient (Wildman–Crippen LogP) is 2.61. The van der Waals surface area contributed by atoms with Crippen molar-refractivity contribution in [2.45, 2.75) is 6.92 Å². The van der Waals surface area contributed by atoms with Crippen LogP contribution in [0.3, 0.4) is 0 Å². The summed E-state index contributed by atoms with van der Waals surface area (Å²) in [4.78, 5) is 0. The van der Waals surface area contributed by atoms with Crippen LogP contribution in [0.1, 0.15) is 6.92 Å². The van der Waals surface area contributed by atoms with Crippen molar-refractivity contribution in [2.24, 2.45) is 0 Å². The zero-order chi connectivity index (χ0) is 8.91. The Balaban J connectivity index is 4.10. The Kier molecular flexibility index (Phi) is 5.02. The van der Waals surface area contributed by atoms with Crippen LogP contribution >= 0.6 is 19.2 Å². The van der Waals surface area contributed by atoms with Crippen molar-refractivity contribution in [1.82, 2.24) is 0 Å². The normalized spacial score (nSPS) is 13.6. The molecular weight excluding hydrogens is 186 g/mol. The summed E-state index contributed by atoms with van der Waals surface area (Å²) < 4.78 is 20.6. The summed E-state index contributed by atoms with van der Waals surface area (Å²) in [5.41, 5.74) is 0. The summed E-state index contributed by atoms with van der Waals surface area (Å²) in [6.07, 6.45) is 1.82. The van der Waals surface area contributed by atoms with Gasteiger partial charge in [0.25, 0.3) is 0 Å². The van der Waals surface area contributed by atoms with Gasteiger partial charge in [-0.25, -0.2) is 0 Å². The second-order valence-corrected chi connectivity index (χ2v) is 4.86. The summed E-state index contributed by atoms with van der Waals surface area (Å²) in [6.45, 7) is 1.71. The average Bonchev–Trinajstić information content (AvgIpc) is 2.00. The Morgan fingerprint density at radius 2 is 2.00 bits per heavy atom. The SMILES string of the molecule is COP(=O)(CC=C(C)Cl)OC. The maximum atomic E-state index is 11.3. The van der Waals surface area contributed by atoms with Crippen LogP contribution in [0.2, 0.25) is 0 Å². The molecule has 0 aromatic carbocycles. The molecule has 3 nitrogen and oxygen atoms in total. The molecule has 0 aromatic rings. The maximum absolute atomic E-state index is 11.3. The highest BCUT2D eigenvalue weighted by Gasteiger charge is 2.18. The molecule has 0 aromatic heterocycles. The van der Waals surface area contributed by atoms with Gasteiger partial charge in [0.2, 0.25) is 0 Å². The number of hydrogen-bond donors (Lipinski definition) is 0. The topological polar surface area (TPSA) is 35.5 Å². The Labute approximate surface area is 71.9 Å². The molecule has 0 fully saturated rings. The first-order chi connectivity index (χ1) is 5.04. The van der Waals surface area contributed by atoms with Crippen LogP contribution < -0.4 is 0 Å². The first-order valence-corrected chi connectivity index (χ1v) is 5.17. The van der Waals surface area contributed by atoms with Gasteiger partial charge in [-0.15, -0.1) is 0 Å². The van der Waals surface area contributed by atoms with E-state index in [1.807, 2.05) is 0 Å². The molecule has 0 saturated heterocycles. The van der Waals surface area contributed by atoms with Crippen molar-refractivity contribution in [2.75, 3.05) is 20.4 Å². The van der Waals surface area contributed by atoms with E-state index in [1.54, 1.807) is 13.0 Å². The fourth-order valence-corrected chi connectivity index (χ4v) is 1.59. The van der Waals surface area contributed by atoms with Crippen molar-refractivity contribution in [3.05, 3.63) is 11.1 Å². The lowest BCUT2D eigenvalue weighted by atomic mass is 10.6. The van der Waals surface area contributed by atoms with Crippen LogP contribution in [0.25, 0.3) is 0 Å². The summed E-state index contributed by atoms with van der Waals surface area (Å²) in [5, 5.41) is 0.583. The predicted molar refractivity (Wildman–Crippen MR) is 46.1 cm³/mol. The van der Waals surface area contributed by atoms with Crippen molar-refractivity contribution in [3.63, 3.8) is 0 Å². The van der Waals surface area contributed by atoms with Crippen LogP contribution in [0, 0.1) is 0 Å². The number of halogens is 1. The quantitative estimate of drug-likeness (QED) is 0.652. The summed E-state index contributed by atoms with van der Waals surface area (Å²) in [5.74, 6) is 0. The first kappa shape index (κ1) is 11.2. The van der Waals surface area contributed by atoms with Gasteiger partial charge in [0.05, 0.1) is 6.16 Å². The van der Waals surface area contributed by atoms with E-state index in [1.165, 1.54) is 14.2 Å². The number of rotatable bonds is 4. The first-order valence-electron chi connectivity index (χ1n) is 3.07. The van der Waals surface area contributed by atoms with E-state index < -0.39 is 7.60 Å². The third-order valence-corrected chi connectivity index (χ3v) is 3.05. The molecule has 0 saturated carbocycles. The van der Waals surface area contributed by atoms with E-state index in [0.29, 0.717) is 5.03 Å². The second-order valence-electron chi connectivity index (χ2n) is 1.95. The van der Waals surface area contributed by atoms with Crippen LogP contribution in [0.15, 0.2) is 11.1 Å². The van der Waals surface area contributed by atoms with Crippen molar-refractivity contribution < 1.29 is 13.6 Å². The lowest BCUT2D eigenvalue weighted by Crippen LogP contribution is -1.91. The number of hydrogen-bond acceptors (Lipinski definition) is 3. The van der Waals surface area contributed by atoms with Gasteiger partial charge in [0, 0.05) is 19.3 Å². The van der Waals surface area contributed by atoms with Crippen molar-refractivity contribution >= 4 is 19.2 Å². The molecule has 0 bridgehead atoms. The molecular formula is C6H12ClO3P. The molecule has 11 heavy (non-hydrogen) atoms. The molecule has 0 spiro atoms. The zero-order valence-corrected chi connectivity index (χ0v) is 8.48. The molecule has 0 unspecified atom stereocenters. The zero-order valence-electron chi connectivity index (χ0n) is 6.83. The molecule has 0 radical (unpaired) electrons. The minimum Gasteiger partial charge on any atom is -0.312 e. The van der Waals surface area contributed by atoms with Crippen molar-refractivity contribution in [1.29, 1.82) is 0 Å². The largest absolute Gasteiger partial charge is 0.333 e. The minimum absolute atomic E-state index is 0.218. The van der Waals surface area contributed by atoms with Gasteiger partial charge in [-0.1, -0.05) is 17.7 Å². The molecule has 0 heterocycles. The van der Waals surface area contributed by atoms with E-state index in [0.717, 1.165) is 0 Å². The maximum Gasteiger partial charge on any atom is 0.333 e. The van der Waals surface area contributed by atoms with Gasteiger partial charge in [-0.2, -0.15) is 0 Å². The molecule has 0 aliphatic rings. The molecule has 0 aliphatic heterocycles. The summed E-state index contributed by atoms with van der Waals surface area (Å²) in [7, 11) is -0.198. The van der Waals surface area contributed by atoms with Gasteiger partial charge in [-0.05, 0) is 6.92 Å². The highest BCUT2D eigenvalue weighted by molar-refractivity contribution is 7.54. The van der Waals surface area contributed by atoms with Gasteiger partial charge in [0.1, 0.15) is 0 Å². The van der Waals surface area contributed by atoms with Crippen molar-refractivity contribution in [3.8, 4) is 0 Å². The van der Waals surface area contributed by atoms with E-state index in [2.05, 4.69) is 9.05 Å². The summed E-state index contributed by atoms with van der Waals surface area (Å²) in [6, 6.07) is 0. The van der Waals surface area contributed by atoms with Gasteiger partial charge in [-0.3, -0.25) is 4.57 Å². The highest BCUT2D eigenvalue weighted by Crippen LogP contribution is 2.46. The van der Waals surface area contributed by atoms with Crippen LogP contribution in [-0.4, -0.2) is 20.4 Å². The monoisotopic (exact) mass is 198 g/mol. The van der Waals surface area contributed by atoms with Gasteiger partial charge >= 0.3 is 7.60 Å². The Morgan fingerprint density at radius 1 is 1.55 bits per heavy atom. The van der Waals surface area contributed by atoms with Gasteiger partial charge < -0.3 is 9.05 Å². The summed E-state index contributed by atoms with van der Waals surface area (Å²) >= 11 is 5.53. The Hall–Kier alpha value is 0.180. The van der Waals surface area contributed by atoms with E-state index in [4.69, 9.17) is 11.6 Å². The third kappa shape index (κ3) is 4.59. The lowest BCUT2D eigenvalue weighted by Gasteiger charge is -2.10.